The lowest BCUT2D eigenvalue weighted by molar-refractivity contribution is -0.138. The van der Waals surface area contributed by atoms with Crippen LogP contribution in [0.5, 0.6) is 0 Å². The molecule has 0 radical (unpaired) electrons. The summed E-state index contributed by atoms with van der Waals surface area (Å²) in [4.78, 5) is 15.1. The number of hydrogen-bond acceptors (Lipinski definition) is 5. The number of rotatable bonds is 3. The van der Waals surface area contributed by atoms with Crippen molar-refractivity contribution in [2.24, 2.45) is 0 Å². The summed E-state index contributed by atoms with van der Waals surface area (Å²) in [5.74, 6) is -0.114. The molecule has 4 aromatic rings. The topological polar surface area (TPSA) is 83.8 Å². The standard InChI is InChI=1S/C15H11ClF3N7/c1-7(15(17,18)19)23-14-22-5-9-8(4-21-13(9)24-14)10-2-3-12-20-6-11(16)26(12)25-10/h2-7H,1H3,(H2,21,22,23,24)/t7-/m1/s1. The van der Waals surface area contributed by atoms with E-state index in [1.54, 1.807) is 18.3 Å². The van der Waals surface area contributed by atoms with E-state index >= 15 is 0 Å². The van der Waals surface area contributed by atoms with Gasteiger partial charge in [-0.1, -0.05) is 11.6 Å². The summed E-state index contributed by atoms with van der Waals surface area (Å²) in [5.41, 5.74) is 2.28. The second-order valence-electron chi connectivity index (χ2n) is 5.64. The first-order valence-corrected chi connectivity index (χ1v) is 7.89. The molecular weight excluding hydrogens is 371 g/mol. The maximum atomic E-state index is 12.7. The van der Waals surface area contributed by atoms with Crippen molar-refractivity contribution in [2.45, 2.75) is 19.1 Å². The third-order valence-corrected chi connectivity index (χ3v) is 4.12. The van der Waals surface area contributed by atoms with Crippen LogP contribution >= 0.6 is 11.6 Å². The lowest BCUT2D eigenvalue weighted by atomic mass is 10.2. The Morgan fingerprint density at radius 2 is 2.04 bits per heavy atom. The van der Waals surface area contributed by atoms with Gasteiger partial charge in [0, 0.05) is 23.3 Å². The van der Waals surface area contributed by atoms with Crippen LogP contribution in [0.1, 0.15) is 6.92 Å². The molecule has 0 aliphatic heterocycles. The van der Waals surface area contributed by atoms with Crippen LogP contribution < -0.4 is 5.32 Å². The monoisotopic (exact) mass is 381 g/mol. The quantitative estimate of drug-likeness (QED) is 0.565. The summed E-state index contributed by atoms with van der Waals surface area (Å²) < 4.78 is 39.5. The van der Waals surface area contributed by atoms with Crippen LogP contribution in [-0.4, -0.2) is 41.8 Å². The number of nitrogens with one attached hydrogen (secondary N) is 2. The highest BCUT2D eigenvalue weighted by Gasteiger charge is 2.36. The molecule has 0 aliphatic rings. The van der Waals surface area contributed by atoms with E-state index in [0.29, 0.717) is 33.1 Å². The van der Waals surface area contributed by atoms with Gasteiger partial charge in [-0.3, -0.25) is 0 Å². The number of anilines is 1. The van der Waals surface area contributed by atoms with E-state index in [2.05, 4.69) is 30.4 Å². The molecule has 0 amide bonds. The van der Waals surface area contributed by atoms with Crippen molar-refractivity contribution in [3.63, 3.8) is 0 Å². The van der Waals surface area contributed by atoms with Crippen molar-refractivity contribution in [1.29, 1.82) is 0 Å². The Balaban J connectivity index is 1.71. The molecule has 0 saturated carbocycles. The van der Waals surface area contributed by atoms with Gasteiger partial charge in [-0.15, -0.1) is 0 Å². The average Bonchev–Trinajstić information content (AvgIpc) is 3.17. The number of fused-ring (bicyclic) bond motifs is 2. The minimum atomic E-state index is -4.39. The molecule has 26 heavy (non-hydrogen) atoms. The van der Waals surface area contributed by atoms with E-state index in [-0.39, 0.29) is 5.95 Å². The van der Waals surface area contributed by atoms with Gasteiger partial charge >= 0.3 is 6.18 Å². The van der Waals surface area contributed by atoms with Gasteiger partial charge in [-0.25, -0.2) is 14.5 Å². The van der Waals surface area contributed by atoms with E-state index in [1.165, 1.54) is 16.9 Å². The summed E-state index contributed by atoms with van der Waals surface area (Å²) in [6, 6.07) is 1.76. The van der Waals surface area contributed by atoms with Gasteiger partial charge in [0.05, 0.1) is 11.9 Å². The summed E-state index contributed by atoms with van der Waals surface area (Å²) in [6.45, 7) is 1.00. The van der Waals surface area contributed by atoms with Crippen LogP contribution in [0.25, 0.3) is 27.9 Å². The highest BCUT2D eigenvalue weighted by atomic mass is 35.5. The molecule has 0 bridgehead atoms. The average molecular weight is 382 g/mol. The number of aromatic nitrogens is 6. The maximum absolute atomic E-state index is 12.7. The first kappa shape index (κ1) is 16.6. The summed E-state index contributed by atoms with van der Waals surface area (Å²) in [6.07, 6.45) is 0.213. The molecule has 4 heterocycles. The third kappa shape index (κ3) is 2.81. The smallest absolute Gasteiger partial charge is 0.345 e. The van der Waals surface area contributed by atoms with Crippen molar-refractivity contribution < 1.29 is 13.2 Å². The first-order chi connectivity index (χ1) is 12.3. The molecule has 0 spiro atoms. The van der Waals surface area contributed by atoms with Gasteiger partial charge in [0.1, 0.15) is 11.7 Å². The maximum Gasteiger partial charge on any atom is 0.408 e. The molecule has 0 aromatic carbocycles. The van der Waals surface area contributed by atoms with Crippen molar-refractivity contribution in [2.75, 3.05) is 5.32 Å². The number of nitrogens with zero attached hydrogens (tertiary/aromatic N) is 5. The molecule has 0 unspecified atom stereocenters. The Bertz CT molecular complexity index is 1100. The van der Waals surface area contributed by atoms with Crippen molar-refractivity contribution >= 4 is 34.2 Å². The Morgan fingerprint density at radius 3 is 2.81 bits per heavy atom. The number of alkyl halides is 3. The van der Waals surface area contributed by atoms with Crippen LogP contribution in [0.4, 0.5) is 19.1 Å². The van der Waals surface area contributed by atoms with Crippen molar-refractivity contribution in [3.05, 3.63) is 35.9 Å². The SMILES string of the molecule is C[C@@H](Nc1ncc2c(-c3ccc4ncc(Cl)n4n3)c[nH]c2n1)C(F)(F)F. The minimum Gasteiger partial charge on any atom is -0.345 e. The van der Waals surface area contributed by atoms with Gasteiger partial charge in [-0.05, 0) is 19.1 Å². The molecular formula is C15H11ClF3N7. The molecule has 0 fully saturated rings. The van der Waals surface area contributed by atoms with Gasteiger partial charge in [-0.2, -0.15) is 23.3 Å². The molecule has 1 atom stereocenters. The van der Waals surface area contributed by atoms with Crippen LogP contribution in [0.15, 0.2) is 30.7 Å². The fourth-order valence-electron chi connectivity index (χ4n) is 2.45. The van der Waals surface area contributed by atoms with Gasteiger partial charge < -0.3 is 10.3 Å². The lowest BCUT2D eigenvalue weighted by Crippen LogP contribution is -2.33. The van der Waals surface area contributed by atoms with Crippen LogP contribution in [0.3, 0.4) is 0 Å². The zero-order valence-corrected chi connectivity index (χ0v) is 14.0. The molecule has 11 heteroatoms. The highest BCUT2D eigenvalue weighted by Crippen LogP contribution is 2.28. The van der Waals surface area contributed by atoms with Crippen LogP contribution in [-0.2, 0) is 0 Å². The molecule has 7 nitrogen and oxygen atoms in total. The number of H-pyrrole nitrogens is 1. The first-order valence-electron chi connectivity index (χ1n) is 7.51. The number of aromatic amines is 1. The molecule has 0 saturated heterocycles. The van der Waals surface area contributed by atoms with Crippen molar-refractivity contribution in [3.8, 4) is 11.3 Å². The number of halogens is 4. The molecule has 2 N–H and O–H groups in total. The molecule has 4 rings (SSSR count). The number of imidazole rings is 1. The van der Waals surface area contributed by atoms with Gasteiger partial charge in [0.2, 0.25) is 5.95 Å². The second-order valence-corrected chi connectivity index (χ2v) is 6.02. The van der Waals surface area contributed by atoms with E-state index in [9.17, 15) is 13.2 Å². The van der Waals surface area contributed by atoms with E-state index in [0.717, 1.165) is 6.92 Å². The summed E-state index contributed by atoms with van der Waals surface area (Å²) in [7, 11) is 0. The van der Waals surface area contributed by atoms with Gasteiger partial charge in [0.15, 0.2) is 10.8 Å². The molecule has 134 valence electrons. The van der Waals surface area contributed by atoms with E-state index in [4.69, 9.17) is 11.6 Å². The second kappa shape index (κ2) is 5.84. The normalized spacial score (nSPS) is 13.4. The molecule has 4 aromatic heterocycles. The van der Waals surface area contributed by atoms with E-state index < -0.39 is 12.2 Å². The zero-order valence-electron chi connectivity index (χ0n) is 13.2. The lowest BCUT2D eigenvalue weighted by Gasteiger charge is -2.16. The van der Waals surface area contributed by atoms with Gasteiger partial charge in [0.25, 0.3) is 0 Å². The summed E-state index contributed by atoms with van der Waals surface area (Å²) in [5, 5.41) is 7.64. The van der Waals surface area contributed by atoms with Crippen LogP contribution in [0, 0.1) is 0 Å². The minimum absolute atomic E-state index is 0.114. The Labute approximate surface area is 149 Å². The largest absolute Gasteiger partial charge is 0.408 e. The Kier molecular flexibility index (Phi) is 3.72. The number of hydrogen-bond donors (Lipinski definition) is 2. The predicted molar refractivity (Wildman–Crippen MR) is 90.0 cm³/mol. The third-order valence-electron chi connectivity index (χ3n) is 3.87. The predicted octanol–water partition coefficient (Wildman–Crippen LogP) is 3.68. The zero-order chi connectivity index (χ0) is 18.5. The fourth-order valence-corrected chi connectivity index (χ4v) is 2.63. The Morgan fingerprint density at radius 1 is 1.23 bits per heavy atom. The van der Waals surface area contributed by atoms with Crippen molar-refractivity contribution in [1.82, 2.24) is 29.5 Å². The molecule has 0 aliphatic carbocycles. The van der Waals surface area contributed by atoms with E-state index in [1.807, 2.05) is 0 Å². The highest BCUT2D eigenvalue weighted by molar-refractivity contribution is 6.29. The van der Waals surface area contributed by atoms with Crippen LogP contribution in [0.2, 0.25) is 5.15 Å². The fraction of sp³-hybridized carbons (Fsp3) is 0.200. The summed E-state index contributed by atoms with van der Waals surface area (Å²) >= 11 is 6.04. The Hall–Kier alpha value is -2.88.